The first-order valence-electron chi connectivity index (χ1n) is 10.9. The maximum atomic E-state index is 11.2. The monoisotopic (exact) mass is 498 g/mol. The smallest absolute Gasteiger partial charge is 0.479 e. The molecule has 1 atom stereocenters. The minimum absolute atomic E-state index is 0.118. The molecule has 0 aliphatic carbocycles. The van der Waals surface area contributed by atoms with Crippen LogP contribution >= 0.6 is 23.2 Å². The van der Waals surface area contributed by atoms with Crippen molar-refractivity contribution in [2.45, 2.75) is 45.3 Å². The van der Waals surface area contributed by atoms with Crippen molar-refractivity contribution in [1.29, 1.82) is 0 Å². The third kappa shape index (κ3) is 4.11. The Morgan fingerprint density at radius 1 is 1.03 bits per heavy atom. The fraction of sp³-hybridized carbons (Fsp3) is 0.320. The third-order valence-corrected chi connectivity index (χ3v) is 7.47. The van der Waals surface area contributed by atoms with Gasteiger partial charge in [0.05, 0.1) is 35.2 Å². The standard InChI is InChI=1S/C25H25BCl2N2O4/c1-6-25(4)24(2,3)33-26(34-25)18-12-8-10-16(22(18)28)15-9-7-11-17(21(15)27)19-13-29-20(14-31)23(30-19)32-5/h7-14H,6H2,1-5H3. The van der Waals surface area contributed by atoms with E-state index in [0.29, 0.717) is 27.6 Å². The molecule has 3 aromatic rings. The van der Waals surface area contributed by atoms with Crippen molar-refractivity contribution in [2.75, 3.05) is 7.11 Å². The van der Waals surface area contributed by atoms with Crippen LogP contribution in [0.5, 0.6) is 5.88 Å². The number of hydrogen-bond donors (Lipinski definition) is 0. The summed E-state index contributed by atoms with van der Waals surface area (Å²) in [6.45, 7) is 8.19. The molecule has 6 nitrogen and oxygen atoms in total. The van der Waals surface area contributed by atoms with Crippen molar-refractivity contribution in [3.63, 3.8) is 0 Å². The van der Waals surface area contributed by atoms with E-state index in [4.69, 9.17) is 37.2 Å². The molecular formula is C25H25BCl2N2O4. The molecule has 1 aliphatic rings. The summed E-state index contributed by atoms with van der Waals surface area (Å²) in [4.78, 5) is 19.7. The van der Waals surface area contributed by atoms with Crippen LogP contribution in [0.1, 0.15) is 44.6 Å². The molecule has 1 fully saturated rings. The van der Waals surface area contributed by atoms with E-state index in [1.54, 1.807) is 0 Å². The zero-order valence-corrected chi connectivity index (χ0v) is 21.2. The van der Waals surface area contributed by atoms with Gasteiger partial charge in [-0.2, -0.15) is 0 Å². The average molecular weight is 499 g/mol. The van der Waals surface area contributed by atoms with Crippen molar-refractivity contribution >= 4 is 42.1 Å². The van der Waals surface area contributed by atoms with Crippen LogP contribution in [-0.2, 0) is 9.31 Å². The SMILES string of the molecule is CCC1(C)OB(c2cccc(-c3cccc(-c4cnc(C=O)c(OC)n4)c3Cl)c2Cl)OC1(C)C. The highest BCUT2D eigenvalue weighted by Gasteiger charge is 2.54. The minimum Gasteiger partial charge on any atom is -0.479 e. The molecule has 9 heteroatoms. The lowest BCUT2D eigenvalue weighted by Gasteiger charge is -2.35. The number of aromatic nitrogens is 2. The molecule has 0 saturated carbocycles. The first-order chi connectivity index (χ1) is 16.2. The number of hydrogen-bond acceptors (Lipinski definition) is 6. The van der Waals surface area contributed by atoms with Gasteiger partial charge in [0.1, 0.15) is 0 Å². The van der Waals surface area contributed by atoms with Gasteiger partial charge in [-0.05, 0) is 27.2 Å². The van der Waals surface area contributed by atoms with Crippen molar-refractivity contribution in [2.24, 2.45) is 0 Å². The highest BCUT2D eigenvalue weighted by atomic mass is 35.5. The first kappa shape index (κ1) is 24.7. The molecule has 0 N–H and O–H groups in total. The van der Waals surface area contributed by atoms with Crippen LogP contribution in [0.25, 0.3) is 22.4 Å². The number of nitrogens with zero attached hydrogens (tertiary/aromatic N) is 2. The van der Waals surface area contributed by atoms with Crippen LogP contribution in [0.4, 0.5) is 0 Å². The van der Waals surface area contributed by atoms with Gasteiger partial charge in [0.25, 0.3) is 0 Å². The van der Waals surface area contributed by atoms with Crippen LogP contribution in [0.15, 0.2) is 42.6 Å². The Hall–Kier alpha value is -2.45. The summed E-state index contributed by atoms with van der Waals surface area (Å²) < 4.78 is 17.8. The quantitative estimate of drug-likeness (QED) is 0.324. The normalized spacial score (nSPS) is 19.3. The van der Waals surface area contributed by atoms with Gasteiger partial charge < -0.3 is 14.0 Å². The Morgan fingerprint density at radius 2 is 1.68 bits per heavy atom. The molecule has 0 spiro atoms. The number of carbonyl (C=O) groups excluding carboxylic acids is 1. The summed E-state index contributed by atoms with van der Waals surface area (Å²) in [5.74, 6) is 0.131. The Balaban J connectivity index is 1.77. The van der Waals surface area contributed by atoms with E-state index in [2.05, 4.69) is 23.8 Å². The number of methoxy groups -OCH3 is 1. The van der Waals surface area contributed by atoms with E-state index >= 15 is 0 Å². The van der Waals surface area contributed by atoms with E-state index in [9.17, 15) is 4.79 Å². The zero-order chi connectivity index (χ0) is 24.7. The number of halogens is 2. The molecule has 2 aromatic carbocycles. The lowest BCUT2D eigenvalue weighted by Crippen LogP contribution is -2.44. The van der Waals surface area contributed by atoms with Crippen LogP contribution in [0.3, 0.4) is 0 Å². The number of rotatable bonds is 6. The molecule has 0 radical (unpaired) electrons. The topological polar surface area (TPSA) is 70.5 Å². The molecule has 2 heterocycles. The third-order valence-electron chi connectivity index (χ3n) is 6.64. The molecule has 34 heavy (non-hydrogen) atoms. The van der Waals surface area contributed by atoms with Crippen molar-refractivity contribution in [3.8, 4) is 28.3 Å². The molecule has 1 unspecified atom stereocenters. The molecular weight excluding hydrogens is 474 g/mol. The Labute approximate surface area is 209 Å². The second-order valence-electron chi connectivity index (χ2n) is 8.81. The summed E-state index contributed by atoms with van der Waals surface area (Å²) in [5.41, 5.74) is 2.51. The summed E-state index contributed by atoms with van der Waals surface area (Å²) in [6.07, 6.45) is 2.88. The summed E-state index contributed by atoms with van der Waals surface area (Å²) in [6, 6.07) is 11.3. The van der Waals surface area contributed by atoms with E-state index < -0.39 is 18.3 Å². The fourth-order valence-corrected chi connectivity index (χ4v) is 4.69. The van der Waals surface area contributed by atoms with Crippen LogP contribution in [0, 0.1) is 0 Å². The van der Waals surface area contributed by atoms with Crippen molar-refractivity contribution < 1.29 is 18.8 Å². The van der Waals surface area contributed by atoms with Crippen LogP contribution < -0.4 is 10.2 Å². The van der Waals surface area contributed by atoms with Gasteiger partial charge in [0.15, 0.2) is 12.0 Å². The van der Waals surface area contributed by atoms with Gasteiger partial charge in [0, 0.05) is 27.2 Å². The Morgan fingerprint density at radius 3 is 2.29 bits per heavy atom. The summed E-state index contributed by atoms with van der Waals surface area (Å²) in [5, 5.41) is 0.950. The average Bonchev–Trinajstić information content (AvgIpc) is 3.08. The largest absolute Gasteiger partial charge is 0.496 e. The maximum absolute atomic E-state index is 11.2. The zero-order valence-electron chi connectivity index (χ0n) is 19.7. The molecule has 0 bridgehead atoms. The lowest BCUT2D eigenvalue weighted by atomic mass is 9.77. The molecule has 1 aromatic heterocycles. The van der Waals surface area contributed by atoms with Crippen LogP contribution in [0.2, 0.25) is 10.0 Å². The number of benzene rings is 2. The van der Waals surface area contributed by atoms with Gasteiger partial charge in [-0.1, -0.05) is 66.5 Å². The van der Waals surface area contributed by atoms with Crippen molar-refractivity contribution in [3.05, 3.63) is 58.3 Å². The molecule has 4 rings (SSSR count). The molecule has 1 saturated heterocycles. The summed E-state index contributed by atoms with van der Waals surface area (Å²) in [7, 11) is 0.836. The maximum Gasteiger partial charge on any atom is 0.496 e. The number of ether oxygens (including phenoxy) is 1. The lowest BCUT2D eigenvalue weighted by molar-refractivity contribution is -0.0118. The highest BCUT2D eigenvalue weighted by molar-refractivity contribution is 6.66. The van der Waals surface area contributed by atoms with Gasteiger partial charge >= 0.3 is 7.12 Å². The number of aldehydes is 1. The van der Waals surface area contributed by atoms with Gasteiger partial charge in [-0.25, -0.2) is 9.97 Å². The second-order valence-corrected chi connectivity index (χ2v) is 9.56. The number of carbonyl (C=O) groups is 1. The van der Waals surface area contributed by atoms with E-state index in [0.717, 1.165) is 23.0 Å². The van der Waals surface area contributed by atoms with Gasteiger partial charge in [-0.15, -0.1) is 0 Å². The minimum atomic E-state index is -0.597. The first-order valence-corrected chi connectivity index (χ1v) is 11.7. The predicted octanol–water partition coefficient (Wildman–Crippen LogP) is 5.63. The second kappa shape index (κ2) is 9.31. The van der Waals surface area contributed by atoms with E-state index in [1.165, 1.54) is 13.3 Å². The summed E-state index contributed by atoms with van der Waals surface area (Å²) >= 11 is 13.7. The molecule has 1 aliphatic heterocycles. The Bertz CT molecular complexity index is 1250. The fourth-order valence-electron chi connectivity index (χ4n) is 4.05. The van der Waals surface area contributed by atoms with E-state index in [1.807, 2.05) is 50.2 Å². The Kier molecular flexibility index (Phi) is 6.75. The predicted molar refractivity (Wildman–Crippen MR) is 135 cm³/mol. The molecule has 176 valence electrons. The van der Waals surface area contributed by atoms with Crippen molar-refractivity contribution in [1.82, 2.24) is 9.97 Å². The van der Waals surface area contributed by atoms with Gasteiger partial charge in [0.2, 0.25) is 5.88 Å². The van der Waals surface area contributed by atoms with Gasteiger partial charge in [-0.3, -0.25) is 4.79 Å². The van der Waals surface area contributed by atoms with Crippen LogP contribution in [-0.4, -0.2) is 41.7 Å². The highest BCUT2D eigenvalue weighted by Crippen LogP contribution is 2.42. The molecule has 0 amide bonds. The van der Waals surface area contributed by atoms with E-state index in [-0.39, 0.29) is 11.6 Å².